The van der Waals surface area contributed by atoms with Crippen LogP contribution in [0.4, 0.5) is 5.69 Å². The molecule has 0 aliphatic rings. The number of benzene rings is 2. The van der Waals surface area contributed by atoms with Gasteiger partial charge in [0, 0.05) is 25.0 Å². The second kappa shape index (κ2) is 9.03. The van der Waals surface area contributed by atoms with Crippen LogP contribution in [0.15, 0.2) is 48.5 Å². The first kappa shape index (κ1) is 18.7. The lowest BCUT2D eigenvalue weighted by atomic mass is 10.1. The molecule has 2 aromatic rings. The summed E-state index contributed by atoms with van der Waals surface area (Å²) in [4.78, 5) is 25.2. The van der Waals surface area contributed by atoms with Gasteiger partial charge in [-0.15, -0.1) is 11.6 Å². The quantitative estimate of drug-likeness (QED) is 0.406. The van der Waals surface area contributed by atoms with Crippen LogP contribution in [0.2, 0.25) is 0 Å². The summed E-state index contributed by atoms with van der Waals surface area (Å²) >= 11 is 5.84. The maximum atomic E-state index is 13.0. The first-order chi connectivity index (χ1) is 12.1. The van der Waals surface area contributed by atoms with Crippen LogP contribution in [0.5, 0.6) is 5.75 Å². The molecule has 2 rings (SSSR count). The van der Waals surface area contributed by atoms with E-state index in [4.69, 9.17) is 16.3 Å². The Morgan fingerprint density at radius 3 is 2.52 bits per heavy atom. The number of carbonyl (C=O) groups excluding carboxylic acids is 1. The maximum Gasteiger partial charge on any atom is 0.311 e. The highest BCUT2D eigenvalue weighted by Gasteiger charge is 2.26. The highest BCUT2D eigenvalue weighted by Crippen LogP contribution is 2.32. The van der Waals surface area contributed by atoms with Gasteiger partial charge in [0.15, 0.2) is 0 Å². The molecule has 0 fully saturated rings. The third kappa shape index (κ3) is 4.70. The van der Waals surface area contributed by atoms with Gasteiger partial charge in [-0.05, 0) is 18.6 Å². The molecule has 0 saturated heterocycles. The summed E-state index contributed by atoms with van der Waals surface area (Å²) in [6, 6.07) is 13.8. The van der Waals surface area contributed by atoms with Crippen LogP contribution in [0.3, 0.4) is 0 Å². The fourth-order valence-electron chi connectivity index (χ4n) is 2.46. The molecule has 6 nitrogen and oxygen atoms in total. The molecule has 0 bridgehead atoms. The number of ether oxygens (including phenoxy) is 1. The van der Waals surface area contributed by atoms with E-state index < -0.39 is 4.92 Å². The summed E-state index contributed by atoms with van der Waals surface area (Å²) in [7, 11) is 0. The lowest BCUT2D eigenvalue weighted by Gasteiger charge is -2.23. The summed E-state index contributed by atoms with van der Waals surface area (Å²) < 4.78 is 5.41. The van der Waals surface area contributed by atoms with Crippen molar-refractivity contribution in [2.45, 2.75) is 13.5 Å². The molecule has 1 amide bonds. The Labute approximate surface area is 151 Å². The molecule has 0 atom stereocenters. The van der Waals surface area contributed by atoms with Crippen LogP contribution in [0, 0.1) is 10.1 Å². The average Bonchev–Trinajstić information content (AvgIpc) is 2.62. The molecule has 0 radical (unpaired) electrons. The summed E-state index contributed by atoms with van der Waals surface area (Å²) in [6.45, 7) is 2.62. The molecule has 0 unspecified atom stereocenters. The van der Waals surface area contributed by atoms with E-state index in [1.807, 2.05) is 30.3 Å². The lowest BCUT2D eigenvalue weighted by molar-refractivity contribution is -0.385. The van der Waals surface area contributed by atoms with Crippen LogP contribution in [-0.4, -0.2) is 34.8 Å². The van der Waals surface area contributed by atoms with Crippen LogP contribution in [0.25, 0.3) is 0 Å². The number of carbonyl (C=O) groups is 1. The number of nitrogens with zero attached hydrogens (tertiary/aromatic N) is 2. The molecular weight excluding hydrogens is 344 g/mol. The minimum Gasteiger partial charge on any atom is -0.487 e. The van der Waals surface area contributed by atoms with Gasteiger partial charge in [-0.3, -0.25) is 14.9 Å². The van der Waals surface area contributed by atoms with Crippen LogP contribution < -0.4 is 4.74 Å². The Kier molecular flexibility index (Phi) is 6.77. The molecule has 0 N–H and O–H groups in total. The van der Waals surface area contributed by atoms with Crippen molar-refractivity contribution in [1.82, 2.24) is 4.90 Å². The number of nitro groups is 1. The van der Waals surface area contributed by atoms with Crippen molar-refractivity contribution in [2.75, 3.05) is 19.0 Å². The molecular formula is C18H19ClN2O4. The third-order valence-electron chi connectivity index (χ3n) is 3.57. The van der Waals surface area contributed by atoms with Crippen molar-refractivity contribution in [2.24, 2.45) is 0 Å². The average molecular weight is 363 g/mol. The topological polar surface area (TPSA) is 72.7 Å². The molecule has 0 aromatic heterocycles. The van der Waals surface area contributed by atoms with E-state index in [1.54, 1.807) is 11.8 Å². The Hall–Kier alpha value is -2.60. The number of para-hydroxylation sites is 1. The van der Waals surface area contributed by atoms with Gasteiger partial charge < -0.3 is 9.64 Å². The highest BCUT2D eigenvalue weighted by atomic mass is 35.5. The Morgan fingerprint density at radius 2 is 1.92 bits per heavy atom. The molecule has 0 aliphatic heterocycles. The van der Waals surface area contributed by atoms with E-state index in [-0.39, 0.29) is 35.4 Å². The van der Waals surface area contributed by atoms with E-state index in [0.29, 0.717) is 13.1 Å². The number of rotatable bonds is 8. The van der Waals surface area contributed by atoms with E-state index in [9.17, 15) is 14.9 Å². The van der Waals surface area contributed by atoms with Gasteiger partial charge in [0.25, 0.3) is 5.91 Å². The Morgan fingerprint density at radius 1 is 1.20 bits per heavy atom. The van der Waals surface area contributed by atoms with Crippen molar-refractivity contribution in [3.8, 4) is 5.75 Å². The molecule has 2 aromatic carbocycles. The van der Waals surface area contributed by atoms with Crippen molar-refractivity contribution < 1.29 is 14.5 Å². The minimum absolute atomic E-state index is 0.00682. The second-order valence-corrected chi connectivity index (χ2v) is 5.62. The predicted molar refractivity (Wildman–Crippen MR) is 96.2 cm³/mol. The normalized spacial score (nSPS) is 10.3. The molecule has 0 saturated carbocycles. The molecule has 0 aliphatic carbocycles. The SMILES string of the molecule is CCOc1c(C(=O)N(CCCl)Cc2ccccc2)cccc1[N+](=O)[O-]. The predicted octanol–water partition coefficient (Wildman–Crippen LogP) is 3.87. The van der Waals surface area contributed by atoms with Gasteiger partial charge in [-0.1, -0.05) is 36.4 Å². The van der Waals surface area contributed by atoms with Gasteiger partial charge in [-0.25, -0.2) is 0 Å². The largest absolute Gasteiger partial charge is 0.487 e. The number of amides is 1. The van der Waals surface area contributed by atoms with Crippen LogP contribution in [-0.2, 0) is 6.54 Å². The number of halogens is 1. The first-order valence-electron chi connectivity index (χ1n) is 7.87. The van der Waals surface area contributed by atoms with Crippen LogP contribution in [0.1, 0.15) is 22.8 Å². The minimum atomic E-state index is -0.551. The van der Waals surface area contributed by atoms with E-state index in [0.717, 1.165) is 5.56 Å². The lowest BCUT2D eigenvalue weighted by Crippen LogP contribution is -2.32. The van der Waals surface area contributed by atoms with Gasteiger partial charge in [0.05, 0.1) is 17.1 Å². The van der Waals surface area contributed by atoms with Gasteiger partial charge >= 0.3 is 5.69 Å². The molecule has 0 spiro atoms. The van der Waals surface area contributed by atoms with E-state index >= 15 is 0 Å². The van der Waals surface area contributed by atoms with Crippen molar-refractivity contribution >= 4 is 23.2 Å². The zero-order chi connectivity index (χ0) is 18.2. The number of hydrogen-bond acceptors (Lipinski definition) is 4. The highest BCUT2D eigenvalue weighted by molar-refractivity contribution is 6.18. The second-order valence-electron chi connectivity index (χ2n) is 5.25. The Balaban J connectivity index is 2.38. The summed E-state index contributed by atoms with van der Waals surface area (Å²) in [5.41, 5.74) is 0.889. The van der Waals surface area contributed by atoms with E-state index in [2.05, 4.69) is 0 Å². The molecule has 0 heterocycles. The molecule has 132 valence electrons. The zero-order valence-corrected chi connectivity index (χ0v) is 14.6. The van der Waals surface area contributed by atoms with E-state index in [1.165, 1.54) is 18.2 Å². The summed E-state index contributed by atoms with van der Waals surface area (Å²) in [6.07, 6.45) is 0. The number of nitro benzene ring substituents is 1. The standard InChI is InChI=1S/C18H19ClN2O4/c1-2-25-17-15(9-6-10-16(17)21(23)24)18(22)20(12-11-19)13-14-7-4-3-5-8-14/h3-10H,2,11-13H2,1H3. The Bertz CT molecular complexity index is 737. The zero-order valence-electron chi connectivity index (χ0n) is 13.9. The molecule has 7 heteroatoms. The fourth-order valence-corrected chi connectivity index (χ4v) is 2.67. The number of alkyl halides is 1. The fraction of sp³-hybridized carbons (Fsp3) is 0.278. The summed E-state index contributed by atoms with van der Waals surface area (Å²) in [5, 5.41) is 11.2. The van der Waals surface area contributed by atoms with Gasteiger partial charge in [0.1, 0.15) is 0 Å². The number of hydrogen-bond donors (Lipinski definition) is 0. The third-order valence-corrected chi connectivity index (χ3v) is 3.74. The van der Waals surface area contributed by atoms with Crippen molar-refractivity contribution in [3.63, 3.8) is 0 Å². The first-order valence-corrected chi connectivity index (χ1v) is 8.41. The maximum absolute atomic E-state index is 13.0. The summed E-state index contributed by atoms with van der Waals surface area (Å²) in [5.74, 6) is -0.0958. The smallest absolute Gasteiger partial charge is 0.311 e. The van der Waals surface area contributed by atoms with Crippen molar-refractivity contribution in [1.29, 1.82) is 0 Å². The van der Waals surface area contributed by atoms with Crippen molar-refractivity contribution in [3.05, 3.63) is 69.8 Å². The van der Waals surface area contributed by atoms with Gasteiger partial charge in [0.2, 0.25) is 5.75 Å². The van der Waals surface area contributed by atoms with Gasteiger partial charge in [-0.2, -0.15) is 0 Å². The monoisotopic (exact) mass is 362 g/mol. The molecule has 25 heavy (non-hydrogen) atoms. The van der Waals surface area contributed by atoms with Crippen LogP contribution >= 0.6 is 11.6 Å².